The molecule has 2 amide bonds. The molecule has 0 bridgehead atoms. The summed E-state index contributed by atoms with van der Waals surface area (Å²) in [5, 5.41) is 12.9. The zero-order chi connectivity index (χ0) is 20.9. The Hall–Kier alpha value is -3.68. The lowest BCUT2D eigenvalue weighted by atomic mass is 10.2. The van der Waals surface area contributed by atoms with E-state index < -0.39 is 5.91 Å². The molecule has 30 heavy (non-hydrogen) atoms. The van der Waals surface area contributed by atoms with Crippen LogP contribution >= 0.6 is 11.3 Å². The maximum absolute atomic E-state index is 13.1. The van der Waals surface area contributed by atoms with Crippen molar-refractivity contribution in [2.45, 2.75) is 0 Å². The summed E-state index contributed by atoms with van der Waals surface area (Å²) < 4.78 is 0.883. The van der Waals surface area contributed by atoms with Crippen LogP contribution in [0.2, 0.25) is 0 Å². The number of thiophene rings is 1. The molecule has 1 aromatic heterocycles. The number of hydrogen-bond acceptors (Lipinski definition) is 5. The number of rotatable bonds is 6. The van der Waals surface area contributed by atoms with Gasteiger partial charge in [0, 0.05) is 21.8 Å². The van der Waals surface area contributed by atoms with Crippen LogP contribution in [0.25, 0.3) is 10.1 Å². The van der Waals surface area contributed by atoms with Crippen LogP contribution in [0.5, 0.6) is 0 Å². The second kappa shape index (κ2) is 8.77. The van der Waals surface area contributed by atoms with Gasteiger partial charge in [0.15, 0.2) is 0 Å². The van der Waals surface area contributed by atoms with E-state index in [4.69, 9.17) is 5.21 Å². The summed E-state index contributed by atoms with van der Waals surface area (Å²) in [6.45, 7) is 0.102. The molecule has 6 nitrogen and oxygen atoms in total. The zero-order valence-corrected chi connectivity index (χ0v) is 16.7. The van der Waals surface area contributed by atoms with Gasteiger partial charge in [0.2, 0.25) is 0 Å². The molecule has 4 rings (SSSR count). The Balaban J connectivity index is 1.54. The highest BCUT2D eigenvalue weighted by molar-refractivity contribution is 7.20. The maximum atomic E-state index is 13.1. The summed E-state index contributed by atoms with van der Waals surface area (Å²) in [6.07, 6.45) is 0. The third kappa shape index (κ3) is 4.17. The number of anilines is 3. The minimum absolute atomic E-state index is 0.0981. The Bertz CT molecular complexity index is 1140. The van der Waals surface area contributed by atoms with Crippen LogP contribution in [-0.2, 0) is 4.79 Å². The van der Waals surface area contributed by atoms with Crippen molar-refractivity contribution in [2.24, 2.45) is 0 Å². The average Bonchev–Trinajstić information content (AvgIpc) is 3.22. The predicted molar refractivity (Wildman–Crippen MR) is 120 cm³/mol. The van der Waals surface area contributed by atoms with Crippen molar-refractivity contribution < 1.29 is 14.8 Å². The molecule has 0 spiro atoms. The van der Waals surface area contributed by atoms with Gasteiger partial charge in [0.25, 0.3) is 11.8 Å². The lowest BCUT2D eigenvalue weighted by Crippen LogP contribution is -2.31. The number of carbonyl (C=O) groups is 2. The van der Waals surface area contributed by atoms with E-state index in [0.29, 0.717) is 4.88 Å². The lowest BCUT2D eigenvalue weighted by molar-refractivity contribution is -0.116. The van der Waals surface area contributed by atoms with E-state index in [1.165, 1.54) is 11.3 Å². The van der Waals surface area contributed by atoms with E-state index >= 15 is 0 Å². The van der Waals surface area contributed by atoms with Crippen molar-refractivity contribution in [3.63, 3.8) is 0 Å². The molecule has 0 aliphatic carbocycles. The third-order valence-corrected chi connectivity index (χ3v) is 5.66. The highest BCUT2D eigenvalue weighted by Gasteiger charge is 2.17. The van der Waals surface area contributed by atoms with Gasteiger partial charge in [-0.3, -0.25) is 19.7 Å². The molecule has 7 heteroatoms. The fraction of sp³-hybridized carbons (Fsp3) is 0.0435. The molecule has 0 saturated heterocycles. The van der Waals surface area contributed by atoms with Gasteiger partial charge in [-0.05, 0) is 47.9 Å². The van der Waals surface area contributed by atoms with Gasteiger partial charge in [0.05, 0.1) is 11.4 Å². The number of carbonyl (C=O) groups excluding carboxylic acids is 2. The topological polar surface area (TPSA) is 81.7 Å². The van der Waals surface area contributed by atoms with Gasteiger partial charge in [-0.1, -0.05) is 42.5 Å². The number of hydrogen-bond donors (Lipinski definition) is 3. The summed E-state index contributed by atoms with van der Waals surface area (Å²) >= 11 is 1.27. The van der Waals surface area contributed by atoms with Crippen molar-refractivity contribution >= 4 is 50.3 Å². The van der Waals surface area contributed by atoms with Crippen LogP contribution in [0.4, 0.5) is 17.1 Å². The highest BCUT2D eigenvalue weighted by Crippen LogP contribution is 2.29. The number of para-hydroxylation sites is 2. The van der Waals surface area contributed by atoms with Gasteiger partial charge < -0.3 is 5.32 Å². The smallest absolute Gasteiger partial charge is 0.284 e. The minimum Gasteiger partial charge on any atom is -0.376 e. The number of fused-ring (bicyclic) bond motifs is 1. The monoisotopic (exact) mass is 417 g/mol. The van der Waals surface area contributed by atoms with E-state index in [1.807, 2.05) is 78.9 Å². The molecule has 3 N–H and O–H groups in total. The zero-order valence-electron chi connectivity index (χ0n) is 15.9. The second-order valence-electron chi connectivity index (χ2n) is 6.56. The average molecular weight is 417 g/mol. The summed E-state index contributed by atoms with van der Waals surface area (Å²) in [7, 11) is 0. The van der Waals surface area contributed by atoms with Gasteiger partial charge in [-0.25, -0.2) is 5.48 Å². The largest absolute Gasteiger partial charge is 0.376 e. The molecular formula is C23H19N3O3S. The Morgan fingerprint density at radius 2 is 1.50 bits per heavy atom. The Morgan fingerprint density at radius 3 is 2.10 bits per heavy atom. The fourth-order valence-corrected chi connectivity index (χ4v) is 4.15. The molecule has 4 aromatic rings. The first-order chi connectivity index (χ1) is 14.7. The number of benzene rings is 3. The van der Waals surface area contributed by atoms with E-state index in [-0.39, 0.29) is 12.5 Å². The molecular weight excluding hydrogens is 398 g/mol. The van der Waals surface area contributed by atoms with Crippen molar-refractivity contribution in [1.82, 2.24) is 5.48 Å². The van der Waals surface area contributed by atoms with Crippen molar-refractivity contribution in [1.29, 1.82) is 0 Å². The molecule has 3 aromatic carbocycles. The van der Waals surface area contributed by atoms with E-state index in [2.05, 4.69) is 5.32 Å². The molecule has 1 heterocycles. The first-order valence-electron chi connectivity index (χ1n) is 9.30. The summed E-state index contributed by atoms with van der Waals surface area (Å²) in [6, 6.07) is 26.4. The number of amides is 2. The number of hydroxylamine groups is 1. The van der Waals surface area contributed by atoms with E-state index in [0.717, 1.165) is 27.1 Å². The summed E-state index contributed by atoms with van der Waals surface area (Å²) in [5.74, 6) is -0.638. The summed E-state index contributed by atoms with van der Waals surface area (Å²) in [4.78, 5) is 26.8. The molecule has 0 unspecified atom stereocenters. The van der Waals surface area contributed by atoms with E-state index in [9.17, 15) is 9.59 Å². The standard InChI is InChI=1S/C23H19N3O3S/c27-22(26(18-7-3-1-4-8-18)19-9-5-2-6-10-19)15-24-17-12-11-16-13-21(23(28)25-29)30-20(16)14-17/h1-14,24,29H,15H2,(H,25,28). The normalized spacial score (nSPS) is 10.6. The van der Waals surface area contributed by atoms with Crippen molar-refractivity contribution in [3.8, 4) is 0 Å². The fourth-order valence-electron chi connectivity index (χ4n) is 3.16. The molecule has 0 fully saturated rings. The van der Waals surface area contributed by atoms with E-state index in [1.54, 1.807) is 16.4 Å². The molecule has 0 aliphatic heterocycles. The van der Waals surface area contributed by atoms with Crippen LogP contribution < -0.4 is 15.7 Å². The molecule has 150 valence electrons. The summed E-state index contributed by atoms with van der Waals surface area (Å²) in [5.41, 5.74) is 4.01. The molecule has 0 atom stereocenters. The molecule has 0 aliphatic rings. The Morgan fingerprint density at radius 1 is 0.867 bits per heavy atom. The maximum Gasteiger partial charge on any atom is 0.284 e. The van der Waals surface area contributed by atoms with Gasteiger partial charge in [-0.15, -0.1) is 11.3 Å². The highest BCUT2D eigenvalue weighted by atomic mass is 32.1. The number of nitrogens with one attached hydrogen (secondary N) is 2. The van der Waals surface area contributed by atoms with Crippen molar-refractivity contribution in [2.75, 3.05) is 16.8 Å². The lowest BCUT2D eigenvalue weighted by Gasteiger charge is -2.23. The van der Waals surface area contributed by atoms with Crippen LogP contribution in [-0.4, -0.2) is 23.6 Å². The van der Waals surface area contributed by atoms with Crippen LogP contribution in [0.3, 0.4) is 0 Å². The van der Waals surface area contributed by atoms with Gasteiger partial charge in [-0.2, -0.15) is 0 Å². The minimum atomic E-state index is -0.540. The SMILES string of the molecule is O=C(NO)c1cc2ccc(NCC(=O)N(c3ccccc3)c3ccccc3)cc2s1. The number of nitrogens with zero attached hydrogens (tertiary/aromatic N) is 1. The van der Waals surface area contributed by atoms with Gasteiger partial charge >= 0.3 is 0 Å². The van der Waals surface area contributed by atoms with Crippen LogP contribution in [0, 0.1) is 0 Å². The molecule has 0 radical (unpaired) electrons. The predicted octanol–water partition coefficient (Wildman–Crippen LogP) is 4.80. The van der Waals surface area contributed by atoms with Crippen molar-refractivity contribution in [3.05, 3.63) is 89.8 Å². The third-order valence-electron chi connectivity index (χ3n) is 4.57. The van der Waals surface area contributed by atoms with Gasteiger partial charge in [0.1, 0.15) is 0 Å². The Labute approximate surface area is 177 Å². The van der Waals surface area contributed by atoms with Crippen LogP contribution in [0.1, 0.15) is 9.67 Å². The Kier molecular flexibility index (Phi) is 5.74. The van der Waals surface area contributed by atoms with Crippen LogP contribution in [0.15, 0.2) is 84.9 Å². The second-order valence-corrected chi connectivity index (χ2v) is 7.64. The first kappa shape index (κ1) is 19.6. The molecule has 0 saturated carbocycles. The first-order valence-corrected chi connectivity index (χ1v) is 10.1. The quantitative estimate of drug-likeness (QED) is 0.311.